The van der Waals surface area contributed by atoms with Gasteiger partial charge in [0.15, 0.2) is 0 Å². The summed E-state index contributed by atoms with van der Waals surface area (Å²) in [6, 6.07) is 8.30. The molecule has 116 valence electrons. The van der Waals surface area contributed by atoms with E-state index in [2.05, 4.69) is 31.2 Å². The summed E-state index contributed by atoms with van der Waals surface area (Å²) in [7, 11) is 4.22. The van der Waals surface area contributed by atoms with E-state index in [0.717, 1.165) is 24.9 Å². The SMILES string of the molecule is CCc1ccc(C(=O)NC2CCCCC2CN(C)C)cc1. The van der Waals surface area contributed by atoms with E-state index in [9.17, 15) is 4.79 Å². The van der Waals surface area contributed by atoms with Gasteiger partial charge < -0.3 is 10.2 Å². The van der Waals surface area contributed by atoms with Crippen molar-refractivity contribution in [3.63, 3.8) is 0 Å². The topological polar surface area (TPSA) is 32.3 Å². The zero-order valence-corrected chi connectivity index (χ0v) is 13.6. The lowest BCUT2D eigenvalue weighted by molar-refractivity contribution is 0.0895. The van der Waals surface area contributed by atoms with E-state index in [1.807, 2.05) is 24.3 Å². The van der Waals surface area contributed by atoms with E-state index in [0.29, 0.717) is 12.0 Å². The van der Waals surface area contributed by atoms with Crippen LogP contribution >= 0.6 is 0 Å². The fourth-order valence-electron chi connectivity index (χ4n) is 3.23. The number of nitrogens with one attached hydrogen (secondary N) is 1. The Balaban J connectivity index is 1.98. The molecule has 2 rings (SSSR count). The standard InChI is InChI=1S/C18H28N2O/c1-4-14-9-11-15(12-10-14)18(21)19-17-8-6-5-7-16(17)13-20(2)3/h9-12,16-17H,4-8,13H2,1-3H3,(H,19,21). The summed E-state index contributed by atoms with van der Waals surface area (Å²) in [5, 5.41) is 3.26. The predicted octanol–water partition coefficient (Wildman–Crippen LogP) is 3.10. The minimum Gasteiger partial charge on any atom is -0.349 e. The Bertz CT molecular complexity index is 453. The molecule has 0 aliphatic heterocycles. The first-order valence-corrected chi connectivity index (χ1v) is 8.14. The van der Waals surface area contributed by atoms with Crippen molar-refractivity contribution in [1.29, 1.82) is 0 Å². The highest BCUT2D eigenvalue weighted by molar-refractivity contribution is 5.94. The van der Waals surface area contributed by atoms with Crippen LogP contribution in [0.4, 0.5) is 0 Å². The summed E-state index contributed by atoms with van der Waals surface area (Å²) >= 11 is 0. The molecular weight excluding hydrogens is 260 g/mol. The molecule has 1 aromatic carbocycles. The number of hydrogen-bond acceptors (Lipinski definition) is 2. The van der Waals surface area contributed by atoms with Gasteiger partial charge in [-0.25, -0.2) is 0 Å². The molecule has 1 aliphatic carbocycles. The Morgan fingerprint density at radius 3 is 2.48 bits per heavy atom. The van der Waals surface area contributed by atoms with Gasteiger partial charge in [0.05, 0.1) is 0 Å². The minimum atomic E-state index is 0.0771. The fourth-order valence-corrected chi connectivity index (χ4v) is 3.23. The second-order valence-corrected chi connectivity index (χ2v) is 6.44. The number of amides is 1. The molecule has 1 amide bonds. The van der Waals surface area contributed by atoms with Crippen molar-refractivity contribution in [3.8, 4) is 0 Å². The lowest BCUT2D eigenvalue weighted by Crippen LogP contribution is -2.45. The Labute approximate surface area is 128 Å². The Kier molecular flexibility index (Phi) is 5.80. The van der Waals surface area contributed by atoms with E-state index in [4.69, 9.17) is 0 Å². The number of benzene rings is 1. The molecule has 2 unspecified atom stereocenters. The molecule has 2 atom stereocenters. The van der Waals surface area contributed by atoms with E-state index < -0.39 is 0 Å². The molecule has 1 N–H and O–H groups in total. The Hall–Kier alpha value is -1.35. The molecule has 1 saturated carbocycles. The Morgan fingerprint density at radius 2 is 1.86 bits per heavy atom. The summed E-state index contributed by atoms with van der Waals surface area (Å²) in [5.74, 6) is 0.654. The number of carbonyl (C=O) groups excluding carboxylic acids is 1. The molecule has 1 fully saturated rings. The van der Waals surface area contributed by atoms with Crippen LogP contribution in [-0.2, 0) is 6.42 Å². The van der Waals surface area contributed by atoms with Crippen molar-refractivity contribution in [1.82, 2.24) is 10.2 Å². The van der Waals surface area contributed by atoms with Crippen molar-refractivity contribution >= 4 is 5.91 Å². The molecule has 0 heterocycles. The van der Waals surface area contributed by atoms with Gasteiger partial charge in [0, 0.05) is 18.2 Å². The van der Waals surface area contributed by atoms with Gasteiger partial charge in [-0.1, -0.05) is 31.9 Å². The van der Waals surface area contributed by atoms with Gasteiger partial charge in [0.1, 0.15) is 0 Å². The molecule has 3 nitrogen and oxygen atoms in total. The number of nitrogens with zero attached hydrogens (tertiary/aromatic N) is 1. The van der Waals surface area contributed by atoms with E-state index >= 15 is 0 Å². The molecular formula is C18H28N2O. The summed E-state index contributed by atoms with van der Waals surface area (Å²) in [4.78, 5) is 14.6. The molecule has 0 bridgehead atoms. The van der Waals surface area contributed by atoms with Crippen LogP contribution in [0.1, 0.15) is 48.5 Å². The van der Waals surface area contributed by atoms with Crippen molar-refractivity contribution in [2.24, 2.45) is 5.92 Å². The first-order chi connectivity index (χ1) is 10.1. The largest absolute Gasteiger partial charge is 0.349 e. The summed E-state index contributed by atoms with van der Waals surface area (Å²) < 4.78 is 0. The number of rotatable bonds is 5. The van der Waals surface area contributed by atoms with Crippen LogP contribution in [0, 0.1) is 5.92 Å². The summed E-state index contributed by atoms with van der Waals surface area (Å²) in [6.07, 6.45) is 5.85. The first kappa shape index (κ1) is 16.0. The van der Waals surface area contributed by atoms with Gasteiger partial charge in [0.2, 0.25) is 0 Å². The maximum atomic E-state index is 12.4. The second kappa shape index (κ2) is 7.60. The first-order valence-electron chi connectivity index (χ1n) is 8.14. The maximum absolute atomic E-state index is 12.4. The fraction of sp³-hybridized carbons (Fsp3) is 0.611. The van der Waals surface area contributed by atoms with E-state index in [1.54, 1.807) is 0 Å². The number of hydrogen-bond donors (Lipinski definition) is 1. The zero-order valence-electron chi connectivity index (χ0n) is 13.6. The molecule has 0 aromatic heterocycles. The molecule has 1 aromatic rings. The van der Waals surface area contributed by atoms with Gasteiger partial charge in [0.25, 0.3) is 5.91 Å². The van der Waals surface area contributed by atoms with Gasteiger partial charge in [-0.2, -0.15) is 0 Å². The van der Waals surface area contributed by atoms with Crippen LogP contribution in [0.5, 0.6) is 0 Å². The third kappa shape index (κ3) is 4.57. The quantitative estimate of drug-likeness (QED) is 0.903. The van der Waals surface area contributed by atoms with Crippen molar-refractivity contribution in [2.75, 3.05) is 20.6 Å². The van der Waals surface area contributed by atoms with Crippen LogP contribution in [0.2, 0.25) is 0 Å². The van der Waals surface area contributed by atoms with Crippen LogP contribution in [0.15, 0.2) is 24.3 Å². The third-order valence-electron chi connectivity index (χ3n) is 4.45. The number of aryl methyl sites for hydroxylation is 1. The normalized spacial score (nSPS) is 22.3. The van der Waals surface area contributed by atoms with E-state index in [-0.39, 0.29) is 5.91 Å². The summed E-state index contributed by atoms with van der Waals surface area (Å²) in [5.41, 5.74) is 2.05. The molecule has 1 aliphatic rings. The maximum Gasteiger partial charge on any atom is 0.251 e. The van der Waals surface area contributed by atoms with Crippen molar-refractivity contribution < 1.29 is 4.79 Å². The zero-order chi connectivity index (χ0) is 15.2. The van der Waals surface area contributed by atoms with Crippen LogP contribution in [0.25, 0.3) is 0 Å². The number of carbonyl (C=O) groups is 1. The highest BCUT2D eigenvalue weighted by Crippen LogP contribution is 2.25. The van der Waals surface area contributed by atoms with Crippen molar-refractivity contribution in [2.45, 2.75) is 45.1 Å². The molecule has 21 heavy (non-hydrogen) atoms. The van der Waals surface area contributed by atoms with Crippen LogP contribution in [0.3, 0.4) is 0 Å². The van der Waals surface area contributed by atoms with E-state index in [1.165, 1.54) is 24.8 Å². The monoisotopic (exact) mass is 288 g/mol. The van der Waals surface area contributed by atoms with Crippen molar-refractivity contribution in [3.05, 3.63) is 35.4 Å². The summed E-state index contributed by atoms with van der Waals surface area (Å²) in [6.45, 7) is 3.18. The molecule has 0 saturated heterocycles. The Morgan fingerprint density at radius 1 is 1.19 bits per heavy atom. The molecule has 0 radical (unpaired) electrons. The van der Waals surface area contributed by atoms with Crippen LogP contribution < -0.4 is 5.32 Å². The van der Waals surface area contributed by atoms with Gasteiger partial charge >= 0.3 is 0 Å². The second-order valence-electron chi connectivity index (χ2n) is 6.44. The van der Waals surface area contributed by atoms with Gasteiger partial charge in [-0.15, -0.1) is 0 Å². The molecule has 0 spiro atoms. The van der Waals surface area contributed by atoms with Gasteiger partial charge in [-0.3, -0.25) is 4.79 Å². The highest BCUT2D eigenvalue weighted by atomic mass is 16.1. The molecule has 3 heteroatoms. The lowest BCUT2D eigenvalue weighted by atomic mass is 9.84. The smallest absolute Gasteiger partial charge is 0.251 e. The average molecular weight is 288 g/mol. The third-order valence-corrected chi connectivity index (χ3v) is 4.45. The highest BCUT2D eigenvalue weighted by Gasteiger charge is 2.27. The minimum absolute atomic E-state index is 0.0771. The lowest BCUT2D eigenvalue weighted by Gasteiger charge is -2.34. The average Bonchev–Trinajstić information content (AvgIpc) is 2.49. The van der Waals surface area contributed by atoms with Crippen LogP contribution in [-0.4, -0.2) is 37.5 Å². The van der Waals surface area contributed by atoms with Gasteiger partial charge in [-0.05, 0) is 57.0 Å². The predicted molar refractivity (Wildman–Crippen MR) is 87.6 cm³/mol.